The predicted molar refractivity (Wildman–Crippen MR) is 70.6 cm³/mol. The van der Waals surface area contributed by atoms with E-state index in [1.54, 1.807) is 30.1 Å². The van der Waals surface area contributed by atoms with E-state index < -0.39 is 0 Å². The number of nitrogens with zero attached hydrogens (tertiary/aromatic N) is 1. The van der Waals surface area contributed by atoms with E-state index in [1.807, 2.05) is 0 Å². The average Bonchev–Trinajstić information content (AvgIpc) is 2.28. The molecule has 88 valence electrons. The third-order valence-corrected chi connectivity index (χ3v) is 2.98. The summed E-state index contributed by atoms with van der Waals surface area (Å²) in [6.45, 7) is 2.85. The van der Waals surface area contributed by atoms with Crippen molar-refractivity contribution in [3.63, 3.8) is 0 Å². The standard InChI is InChI=1S/C12H16ClNOS/c1-3-4-7-14(2)12(15)10-8-9(16)5-6-11(10)13/h5-6,8,16H,3-4,7H2,1-2H3. The quantitative estimate of drug-likeness (QED) is 0.819. The van der Waals surface area contributed by atoms with Crippen molar-refractivity contribution in [2.45, 2.75) is 24.7 Å². The molecule has 0 unspecified atom stereocenters. The van der Waals surface area contributed by atoms with Gasteiger partial charge in [-0.25, -0.2) is 0 Å². The average molecular weight is 258 g/mol. The van der Waals surface area contributed by atoms with Crippen molar-refractivity contribution < 1.29 is 4.79 Å². The Hall–Kier alpha value is -0.670. The number of carbonyl (C=O) groups is 1. The number of hydrogen-bond acceptors (Lipinski definition) is 2. The van der Waals surface area contributed by atoms with E-state index in [4.69, 9.17) is 11.6 Å². The molecule has 1 rings (SSSR count). The summed E-state index contributed by atoms with van der Waals surface area (Å²) in [4.78, 5) is 14.5. The van der Waals surface area contributed by atoms with Crippen molar-refractivity contribution in [3.05, 3.63) is 28.8 Å². The molecule has 0 aromatic heterocycles. The molecule has 0 fully saturated rings. The smallest absolute Gasteiger partial charge is 0.255 e. The first-order valence-electron chi connectivity index (χ1n) is 5.30. The van der Waals surface area contributed by atoms with E-state index >= 15 is 0 Å². The van der Waals surface area contributed by atoms with Crippen LogP contribution < -0.4 is 0 Å². The molecule has 0 aliphatic heterocycles. The molecule has 0 radical (unpaired) electrons. The van der Waals surface area contributed by atoms with Gasteiger partial charge in [0, 0.05) is 18.5 Å². The Morgan fingerprint density at radius 2 is 2.19 bits per heavy atom. The largest absolute Gasteiger partial charge is 0.342 e. The lowest BCUT2D eigenvalue weighted by atomic mass is 10.2. The van der Waals surface area contributed by atoms with Gasteiger partial charge >= 0.3 is 0 Å². The van der Waals surface area contributed by atoms with Crippen molar-refractivity contribution in [1.29, 1.82) is 0 Å². The van der Waals surface area contributed by atoms with Gasteiger partial charge in [0.2, 0.25) is 0 Å². The van der Waals surface area contributed by atoms with E-state index in [2.05, 4.69) is 19.6 Å². The molecule has 0 aliphatic rings. The van der Waals surface area contributed by atoms with E-state index in [-0.39, 0.29) is 5.91 Å². The second kappa shape index (κ2) is 6.16. The SMILES string of the molecule is CCCCN(C)C(=O)c1cc(S)ccc1Cl. The maximum Gasteiger partial charge on any atom is 0.255 e. The molecule has 0 saturated carbocycles. The van der Waals surface area contributed by atoms with E-state index in [0.717, 1.165) is 24.3 Å². The van der Waals surface area contributed by atoms with Gasteiger partial charge in [-0.3, -0.25) is 4.79 Å². The number of hydrogen-bond donors (Lipinski definition) is 1. The molecular weight excluding hydrogens is 242 g/mol. The minimum Gasteiger partial charge on any atom is -0.342 e. The second-order valence-electron chi connectivity index (χ2n) is 3.74. The zero-order chi connectivity index (χ0) is 12.1. The highest BCUT2D eigenvalue weighted by Gasteiger charge is 2.14. The molecule has 2 nitrogen and oxygen atoms in total. The summed E-state index contributed by atoms with van der Waals surface area (Å²) in [5, 5.41) is 0.478. The molecule has 1 aromatic rings. The van der Waals surface area contributed by atoms with Crippen LogP contribution in [-0.2, 0) is 0 Å². The Balaban J connectivity index is 2.83. The zero-order valence-electron chi connectivity index (χ0n) is 9.53. The number of amides is 1. The third kappa shape index (κ3) is 3.42. The topological polar surface area (TPSA) is 20.3 Å². The molecule has 4 heteroatoms. The molecule has 0 bridgehead atoms. The maximum absolute atomic E-state index is 12.0. The lowest BCUT2D eigenvalue weighted by Crippen LogP contribution is -2.27. The van der Waals surface area contributed by atoms with Gasteiger partial charge in [0.05, 0.1) is 10.6 Å². The van der Waals surface area contributed by atoms with Crippen LogP contribution in [0.1, 0.15) is 30.1 Å². The lowest BCUT2D eigenvalue weighted by molar-refractivity contribution is 0.0793. The number of benzene rings is 1. The Labute approximate surface area is 107 Å². The molecule has 0 atom stereocenters. The van der Waals surface area contributed by atoms with Crippen LogP contribution in [0.15, 0.2) is 23.1 Å². The van der Waals surface area contributed by atoms with E-state index in [0.29, 0.717) is 10.6 Å². The fraction of sp³-hybridized carbons (Fsp3) is 0.417. The Kier molecular flexibility index (Phi) is 5.16. The first-order chi connectivity index (χ1) is 7.56. The summed E-state index contributed by atoms with van der Waals surface area (Å²) in [5.74, 6) is -0.0469. The lowest BCUT2D eigenvalue weighted by Gasteiger charge is -2.17. The van der Waals surface area contributed by atoms with Crippen molar-refractivity contribution in [2.75, 3.05) is 13.6 Å². The number of halogens is 1. The Morgan fingerprint density at radius 3 is 2.81 bits per heavy atom. The summed E-state index contributed by atoms with van der Waals surface area (Å²) in [7, 11) is 1.79. The molecular formula is C12H16ClNOS. The zero-order valence-corrected chi connectivity index (χ0v) is 11.2. The maximum atomic E-state index is 12.0. The summed E-state index contributed by atoms with van der Waals surface area (Å²) in [6.07, 6.45) is 2.07. The fourth-order valence-electron chi connectivity index (χ4n) is 1.38. The predicted octanol–water partition coefficient (Wildman–Crippen LogP) is 3.50. The second-order valence-corrected chi connectivity index (χ2v) is 4.67. The number of rotatable bonds is 4. The van der Waals surface area contributed by atoms with Gasteiger partial charge in [-0.1, -0.05) is 24.9 Å². The monoisotopic (exact) mass is 257 g/mol. The molecule has 16 heavy (non-hydrogen) atoms. The number of unbranched alkanes of at least 4 members (excludes halogenated alkanes) is 1. The molecule has 1 amide bonds. The molecule has 0 spiro atoms. The minimum atomic E-state index is -0.0469. The van der Waals surface area contributed by atoms with E-state index in [1.165, 1.54) is 0 Å². The van der Waals surface area contributed by atoms with Crippen LogP contribution in [0.3, 0.4) is 0 Å². The summed E-state index contributed by atoms with van der Waals surface area (Å²) in [6, 6.07) is 5.18. The summed E-state index contributed by atoms with van der Waals surface area (Å²) in [5.41, 5.74) is 0.521. The van der Waals surface area contributed by atoms with Crippen molar-refractivity contribution in [2.24, 2.45) is 0 Å². The van der Waals surface area contributed by atoms with Crippen LogP contribution >= 0.6 is 24.2 Å². The van der Waals surface area contributed by atoms with E-state index in [9.17, 15) is 4.79 Å². The number of carbonyl (C=O) groups excluding carboxylic acids is 1. The van der Waals surface area contributed by atoms with Gasteiger partial charge in [0.1, 0.15) is 0 Å². The van der Waals surface area contributed by atoms with Crippen LogP contribution in [0.4, 0.5) is 0 Å². The first kappa shape index (κ1) is 13.4. The van der Waals surface area contributed by atoms with Crippen molar-refractivity contribution in [3.8, 4) is 0 Å². The third-order valence-electron chi connectivity index (χ3n) is 2.37. The van der Waals surface area contributed by atoms with Crippen molar-refractivity contribution in [1.82, 2.24) is 4.90 Å². The van der Waals surface area contributed by atoms with Gasteiger partial charge < -0.3 is 4.90 Å². The highest BCUT2D eigenvalue weighted by molar-refractivity contribution is 7.80. The Bertz CT molecular complexity index is 381. The molecule has 0 N–H and O–H groups in total. The molecule has 0 saturated heterocycles. The normalized spacial score (nSPS) is 10.2. The summed E-state index contributed by atoms with van der Waals surface area (Å²) >= 11 is 10.2. The van der Waals surface area contributed by atoms with Gasteiger partial charge in [0.25, 0.3) is 5.91 Å². The highest BCUT2D eigenvalue weighted by atomic mass is 35.5. The number of thiol groups is 1. The van der Waals surface area contributed by atoms with Crippen molar-refractivity contribution >= 4 is 30.1 Å². The van der Waals surface area contributed by atoms with Gasteiger partial charge in [0.15, 0.2) is 0 Å². The highest BCUT2D eigenvalue weighted by Crippen LogP contribution is 2.21. The Morgan fingerprint density at radius 1 is 1.50 bits per heavy atom. The minimum absolute atomic E-state index is 0.0469. The molecule has 0 heterocycles. The van der Waals surface area contributed by atoms with Crippen LogP contribution in [0.2, 0.25) is 5.02 Å². The van der Waals surface area contributed by atoms with Crippen LogP contribution in [0.5, 0.6) is 0 Å². The van der Waals surface area contributed by atoms with Gasteiger partial charge in [-0.15, -0.1) is 12.6 Å². The fourth-order valence-corrected chi connectivity index (χ4v) is 1.78. The summed E-state index contributed by atoms with van der Waals surface area (Å²) < 4.78 is 0. The van der Waals surface area contributed by atoms with Gasteiger partial charge in [-0.05, 0) is 24.6 Å². The first-order valence-corrected chi connectivity index (χ1v) is 6.12. The van der Waals surface area contributed by atoms with Crippen LogP contribution in [-0.4, -0.2) is 24.4 Å². The van der Waals surface area contributed by atoms with Crippen LogP contribution in [0.25, 0.3) is 0 Å². The van der Waals surface area contributed by atoms with Crippen LogP contribution in [0, 0.1) is 0 Å². The molecule has 1 aromatic carbocycles. The van der Waals surface area contributed by atoms with Gasteiger partial charge in [-0.2, -0.15) is 0 Å². The molecule has 0 aliphatic carbocycles.